The lowest BCUT2D eigenvalue weighted by molar-refractivity contribution is -0.136. The molecule has 0 spiro atoms. The topological polar surface area (TPSA) is 80.7 Å². The summed E-state index contributed by atoms with van der Waals surface area (Å²) in [7, 11) is 0. The Bertz CT molecular complexity index is 943. The Hall–Kier alpha value is -2.56. The highest BCUT2D eigenvalue weighted by atomic mass is 16.4. The van der Waals surface area contributed by atoms with Gasteiger partial charge in [0.1, 0.15) is 11.2 Å². The molecule has 0 aliphatic heterocycles. The van der Waals surface area contributed by atoms with Crippen molar-refractivity contribution < 1.29 is 18.7 Å². The second-order valence-electron chi connectivity index (χ2n) is 5.24. The molecule has 21 heavy (non-hydrogen) atoms. The van der Waals surface area contributed by atoms with Crippen LogP contribution in [0.1, 0.15) is 22.3 Å². The minimum atomic E-state index is -1.05. The van der Waals surface area contributed by atoms with Gasteiger partial charge >= 0.3 is 11.6 Å². The summed E-state index contributed by atoms with van der Waals surface area (Å²) in [5.41, 5.74) is 3.11. The van der Waals surface area contributed by atoms with Crippen LogP contribution in [0.4, 0.5) is 0 Å². The summed E-state index contributed by atoms with van der Waals surface area (Å²) >= 11 is 0. The number of aryl methyl sites for hydroxylation is 3. The quantitative estimate of drug-likeness (QED) is 0.732. The molecule has 0 bridgehead atoms. The Kier molecular flexibility index (Phi) is 2.86. The van der Waals surface area contributed by atoms with E-state index in [1.165, 1.54) is 0 Å². The molecule has 0 amide bonds. The molecule has 0 fully saturated rings. The van der Waals surface area contributed by atoms with Crippen LogP contribution in [-0.4, -0.2) is 11.1 Å². The predicted octanol–water partition coefficient (Wildman–Crippen LogP) is 3.09. The molecule has 5 nitrogen and oxygen atoms in total. The summed E-state index contributed by atoms with van der Waals surface area (Å²) in [5, 5.41) is 10.6. The van der Waals surface area contributed by atoms with Crippen LogP contribution in [0.3, 0.4) is 0 Å². The lowest BCUT2D eigenvalue weighted by Gasteiger charge is -2.08. The molecule has 5 heteroatoms. The highest BCUT2D eigenvalue weighted by Gasteiger charge is 2.18. The van der Waals surface area contributed by atoms with Crippen LogP contribution in [-0.2, 0) is 11.2 Å². The van der Waals surface area contributed by atoms with Crippen molar-refractivity contribution in [3.63, 3.8) is 0 Å². The summed E-state index contributed by atoms with van der Waals surface area (Å²) in [6.45, 7) is 5.51. The Labute approximate surface area is 119 Å². The number of fused-ring (bicyclic) bond motifs is 2. The van der Waals surface area contributed by atoms with Gasteiger partial charge in [0.25, 0.3) is 0 Å². The van der Waals surface area contributed by atoms with E-state index in [1.54, 1.807) is 13.2 Å². The molecule has 1 N–H and O–H groups in total. The van der Waals surface area contributed by atoms with Gasteiger partial charge in [0.2, 0.25) is 0 Å². The van der Waals surface area contributed by atoms with Gasteiger partial charge in [-0.05, 0) is 38.0 Å². The normalized spacial score (nSPS) is 11.4. The largest absolute Gasteiger partial charge is 0.481 e. The molecule has 3 rings (SSSR count). The van der Waals surface area contributed by atoms with Crippen molar-refractivity contribution in [3.05, 3.63) is 45.0 Å². The van der Waals surface area contributed by atoms with Gasteiger partial charge in [-0.3, -0.25) is 4.79 Å². The minimum Gasteiger partial charge on any atom is -0.481 e. The van der Waals surface area contributed by atoms with Gasteiger partial charge in [-0.15, -0.1) is 0 Å². The highest BCUT2D eigenvalue weighted by Crippen LogP contribution is 2.32. The second kappa shape index (κ2) is 4.48. The maximum atomic E-state index is 12.0. The average molecular weight is 286 g/mol. The summed E-state index contributed by atoms with van der Waals surface area (Å²) in [5.74, 6) is -1.05. The third-order valence-electron chi connectivity index (χ3n) is 3.86. The van der Waals surface area contributed by atoms with Crippen LogP contribution in [0.25, 0.3) is 21.9 Å². The third kappa shape index (κ3) is 1.93. The summed E-state index contributed by atoms with van der Waals surface area (Å²) in [6.07, 6.45) is 1.31. The number of furan rings is 1. The predicted molar refractivity (Wildman–Crippen MR) is 77.8 cm³/mol. The smallest absolute Gasteiger partial charge is 0.340 e. The number of carboxylic acid groups (broad SMARTS) is 1. The molecule has 108 valence electrons. The lowest BCUT2D eigenvalue weighted by atomic mass is 9.99. The van der Waals surface area contributed by atoms with Gasteiger partial charge < -0.3 is 13.9 Å². The first-order chi connectivity index (χ1) is 9.90. The monoisotopic (exact) mass is 286 g/mol. The fourth-order valence-corrected chi connectivity index (χ4v) is 2.67. The molecule has 0 saturated carbocycles. The summed E-state index contributed by atoms with van der Waals surface area (Å²) in [4.78, 5) is 22.9. The molecule has 0 aliphatic carbocycles. The third-order valence-corrected chi connectivity index (χ3v) is 3.86. The number of rotatable bonds is 2. The van der Waals surface area contributed by atoms with Gasteiger partial charge in [0.15, 0.2) is 0 Å². The molecule has 0 saturated heterocycles. The number of aliphatic carboxylic acids is 1. The van der Waals surface area contributed by atoms with Crippen LogP contribution in [0, 0.1) is 20.8 Å². The van der Waals surface area contributed by atoms with Crippen molar-refractivity contribution in [2.75, 3.05) is 0 Å². The van der Waals surface area contributed by atoms with E-state index in [-0.39, 0.29) is 12.0 Å². The standard InChI is InChI=1S/C16H14O5/c1-7-6-20-14-9(3)15-11(4-10(7)14)8(2)12(5-13(17)18)16(19)21-15/h4,6H,5H2,1-3H3,(H,17,18). The first-order valence-corrected chi connectivity index (χ1v) is 6.55. The summed E-state index contributed by atoms with van der Waals surface area (Å²) in [6, 6.07) is 1.89. The van der Waals surface area contributed by atoms with E-state index >= 15 is 0 Å². The van der Waals surface area contributed by atoms with Crippen LogP contribution >= 0.6 is 0 Å². The van der Waals surface area contributed by atoms with Crippen LogP contribution in [0.15, 0.2) is 26.0 Å². The van der Waals surface area contributed by atoms with Crippen LogP contribution in [0.5, 0.6) is 0 Å². The maximum Gasteiger partial charge on any atom is 0.340 e. The number of hydrogen-bond donors (Lipinski definition) is 1. The number of carboxylic acids is 1. The van der Waals surface area contributed by atoms with Crippen molar-refractivity contribution in [1.82, 2.24) is 0 Å². The second-order valence-corrected chi connectivity index (χ2v) is 5.24. The first-order valence-electron chi connectivity index (χ1n) is 6.55. The summed E-state index contributed by atoms with van der Waals surface area (Å²) < 4.78 is 10.8. The van der Waals surface area contributed by atoms with Gasteiger partial charge in [-0.25, -0.2) is 4.79 Å². The number of hydrogen-bond acceptors (Lipinski definition) is 4. The molecule has 3 aromatic rings. The number of benzene rings is 1. The van der Waals surface area contributed by atoms with Crippen molar-refractivity contribution in [2.24, 2.45) is 0 Å². The molecule has 2 aromatic heterocycles. The molecule has 1 aromatic carbocycles. The van der Waals surface area contributed by atoms with Gasteiger partial charge in [0.05, 0.1) is 18.2 Å². The Morgan fingerprint density at radius 1 is 1.14 bits per heavy atom. The molecular weight excluding hydrogens is 272 g/mol. The molecule has 0 unspecified atom stereocenters. The van der Waals surface area contributed by atoms with E-state index in [4.69, 9.17) is 13.9 Å². The zero-order valence-electron chi connectivity index (χ0n) is 11.9. The van der Waals surface area contributed by atoms with Crippen molar-refractivity contribution in [2.45, 2.75) is 27.2 Å². The molecule has 2 heterocycles. The van der Waals surface area contributed by atoms with Crippen LogP contribution in [0.2, 0.25) is 0 Å². The zero-order valence-corrected chi connectivity index (χ0v) is 11.9. The van der Waals surface area contributed by atoms with E-state index in [9.17, 15) is 9.59 Å². The maximum absolute atomic E-state index is 12.0. The highest BCUT2D eigenvalue weighted by molar-refractivity contribution is 5.99. The minimum absolute atomic E-state index is 0.190. The SMILES string of the molecule is Cc1coc2c(C)c3oc(=O)c(CC(=O)O)c(C)c3cc12. The molecule has 0 radical (unpaired) electrons. The Morgan fingerprint density at radius 2 is 1.86 bits per heavy atom. The van der Waals surface area contributed by atoms with Gasteiger partial charge in [0, 0.05) is 16.3 Å². The van der Waals surface area contributed by atoms with E-state index < -0.39 is 11.6 Å². The van der Waals surface area contributed by atoms with Crippen LogP contribution < -0.4 is 5.63 Å². The number of carbonyl (C=O) groups is 1. The van der Waals surface area contributed by atoms with E-state index in [2.05, 4.69) is 0 Å². The molecule has 0 atom stereocenters. The van der Waals surface area contributed by atoms with Gasteiger partial charge in [-0.2, -0.15) is 0 Å². The lowest BCUT2D eigenvalue weighted by Crippen LogP contribution is -2.15. The average Bonchev–Trinajstić information content (AvgIpc) is 2.78. The van der Waals surface area contributed by atoms with Gasteiger partial charge in [-0.1, -0.05) is 0 Å². The first kappa shape index (κ1) is 13.4. The van der Waals surface area contributed by atoms with E-state index in [1.807, 2.05) is 19.9 Å². The zero-order chi connectivity index (χ0) is 15.3. The van der Waals surface area contributed by atoms with E-state index in [0.717, 1.165) is 21.9 Å². The van der Waals surface area contributed by atoms with Crippen molar-refractivity contribution in [3.8, 4) is 0 Å². The fourth-order valence-electron chi connectivity index (χ4n) is 2.67. The fraction of sp³-hybridized carbons (Fsp3) is 0.250. The Morgan fingerprint density at radius 3 is 2.52 bits per heavy atom. The van der Waals surface area contributed by atoms with Crippen molar-refractivity contribution >= 4 is 27.9 Å². The van der Waals surface area contributed by atoms with Crippen molar-refractivity contribution in [1.29, 1.82) is 0 Å². The van der Waals surface area contributed by atoms with E-state index in [0.29, 0.717) is 16.7 Å². The Balaban J connectivity index is 2.47. The molecular formula is C16H14O5. The molecule has 0 aliphatic rings.